The molecular formula is C16H18N2O2. The van der Waals surface area contributed by atoms with Crippen LogP contribution in [0.15, 0.2) is 30.7 Å². The van der Waals surface area contributed by atoms with Crippen molar-refractivity contribution in [2.45, 2.75) is 20.3 Å². The lowest BCUT2D eigenvalue weighted by molar-refractivity contribution is -0.113. The summed E-state index contributed by atoms with van der Waals surface area (Å²) in [5, 5.41) is 0. The number of nitrogens with one attached hydrogen (secondary N) is 1. The average molecular weight is 270 g/mol. The Balaban J connectivity index is 2.55. The number of Topliss-reactive ketones (excluding diaryl/α,β-unsaturated/α-hetero) is 1. The number of H-pyrrole nitrogens is 1. The van der Waals surface area contributed by atoms with Crippen molar-refractivity contribution in [2.75, 3.05) is 7.11 Å². The summed E-state index contributed by atoms with van der Waals surface area (Å²) in [6, 6.07) is 5.74. The van der Waals surface area contributed by atoms with Crippen molar-refractivity contribution in [3.8, 4) is 5.75 Å². The maximum atomic E-state index is 12.2. The van der Waals surface area contributed by atoms with E-state index in [0.717, 1.165) is 22.6 Å². The molecule has 0 saturated carbocycles. The molecule has 0 aliphatic heterocycles. The van der Waals surface area contributed by atoms with Crippen molar-refractivity contribution >= 4 is 17.4 Å². The number of benzene rings is 1. The molecule has 2 aromatic rings. The highest BCUT2D eigenvalue weighted by Crippen LogP contribution is 2.27. The molecular weight excluding hydrogens is 252 g/mol. The molecule has 0 radical (unpaired) electrons. The van der Waals surface area contributed by atoms with Crippen molar-refractivity contribution in [1.29, 1.82) is 0 Å². The second kappa shape index (κ2) is 6.19. The van der Waals surface area contributed by atoms with Gasteiger partial charge in [-0.1, -0.05) is 13.0 Å². The van der Waals surface area contributed by atoms with Crippen LogP contribution in [0.1, 0.15) is 30.2 Å². The number of aryl methyl sites for hydroxylation is 1. The number of hydrogen-bond acceptors (Lipinski definition) is 3. The van der Waals surface area contributed by atoms with Gasteiger partial charge in [0.05, 0.1) is 25.3 Å². The monoisotopic (exact) mass is 270 g/mol. The topological polar surface area (TPSA) is 55.0 Å². The van der Waals surface area contributed by atoms with Crippen LogP contribution in [0.3, 0.4) is 0 Å². The van der Waals surface area contributed by atoms with Crippen LogP contribution in [0.4, 0.5) is 0 Å². The molecule has 0 bridgehead atoms. The van der Waals surface area contributed by atoms with Crippen molar-refractivity contribution in [3.63, 3.8) is 0 Å². The second-order valence-corrected chi connectivity index (χ2v) is 4.52. The van der Waals surface area contributed by atoms with E-state index in [2.05, 4.69) is 9.97 Å². The number of ketones is 1. The summed E-state index contributed by atoms with van der Waals surface area (Å²) >= 11 is 0. The predicted molar refractivity (Wildman–Crippen MR) is 79.5 cm³/mol. The number of imidazole rings is 1. The van der Waals surface area contributed by atoms with Crippen LogP contribution in [-0.4, -0.2) is 22.9 Å². The maximum absolute atomic E-state index is 12.2. The number of methoxy groups -OCH3 is 1. The van der Waals surface area contributed by atoms with Gasteiger partial charge in [0.2, 0.25) is 0 Å². The van der Waals surface area contributed by atoms with E-state index in [1.165, 1.54) is 0 Å². The van der Waals surface area contributed by atoms with Crippen LogP contribution < -0.4 is 4.74 Å². The molecule has 0 aliphatic rings. The van der Waals surface area contributed by atoms with Crippen LogP contribution in [0.5, 0.6) is 5.75 Å². The summed E-state index contributed by atoms with van der Waals surface area (Å²) < 4.78 is 5.25. The summed E-state index contributed by atoms with van der Waals surface area (Å²) in [4.78, 5) is 19.2. The molecule has 0 spiro atoms. The predicted octanol–water partition coefficient (Wildman–Crippen LogP) is 3.25. The highest BCUT2D eigenvalue weighted by atomic mass is 16.5. The lowest BCUT2D eigenvalue weighted by Crippen LogP contribution is -2.02. The number of ether oxygens (including phenoxy) is 1. The molecule has 0 aliphatic carbocycles. The number of allylic oxidation sites excluding steroid dienone is 1. The number of aromatic amines is 1. The standard InChI is InChI=1S/C16H18N2O2/c1-4-16(19)15(7-12-9-17-10-18-12)14-8-13(20-3)6-5-11(14)2/h5-10H,4H2,1-3H3,(H,17,18)/b15-7-. The van der Waals surface area contributed by atoms with Crippen LogP contribution in [-0.2, 0) is 4.79 Å². The van der Waals surface area contributed by atoms with Gasteiger partial charge in [-0.05, 0) is 36.3 Å². The number of carbonyl (C=O) groups excluding carboxylic acids is 1. The van der Waals surface area contributed by atoms with Gasteiger partial charge in [0, 0.05) is 12.0 Å². The Morgan fingerprint density at radius 1 is 1.45 bits per heavy atom. The van der Waals surface area contributed by atoms with Gasteiger partial charge in [-0.15, -0.1) is 0 Å². The van der Waals surface area contributed by atoms with Crippen LogP contribution in [0.25, 0.3) is 11.6 Å². The van der Waals surface area contributed by atoms with E-state index < -0.39 is 0 Å². The van der Waals surface area contributed by atoms with Crippen LogP contribution in [0.2, 0.25) is 0 Å². The van der Waals surface area contributed by atoms with Crippen molar-refractivity contribution in [2.24, 2.45) is 0 Å². The maximum Gasteiger partial charge on any atom is 0.163 e. The summed E-state index contributed by atoms with van der Waals surface area (Å²) in [7, 11) is 1.62. The van der Waals surface area contributed by atoms with E-state index >= 15 is 0 Å². The summed E-state index contributed by atoms with van der Waals surface area (Å²) in [5.74, 6) is 0.834. The van der Waals surface area contributed by atoms with Crippen molar-refractivity contribution < 1.29 is 9.53 Å². The zero-order chi connectivity index (χ0) is 14.5. The van der Waals surface area contributed by atoms with Gasteiger partial charge in [0.1, 0.15) is 5.75 Å². The fourth-order valence-corrected chi connectivity index (χ4v) is 2.02. The zero-order valence-electron chi connectivity index (χ0n) is 11.9. The molecule has 1 aromatic heterocycles. The molecule has 0 saturated heterocycles. The largest absolute Gasteiger partial charge is 0.497 e. The minimum absolute atomic E-state index is 0.0935. The van der Waals surface area contributed by atoms with E-state index in [0.29, 0.717) is 12.0 Å². The molecule has 20 heavy (non-hydrogen) atoms. The molecule has 4 nitrogen and oxygen atoms in total. The van der Waals surface area contributed by atoms with Gasteiger partial charge in [-0.2, -0.15) is 0 Å². The van der Waals surface area contributed by atoms with Gasteiger partial charge in [0.15, 0.2) is 5.78 Å². The highest BCUT2D eigenvalue weighted by molar-refractivity contribution is 6.25. The molecule has 2 rings (SSSR count). The minimum atomic E-state index is 0.0935. The van der Waals surface area contributed by atoms with Gasteiger partial charge >= 0.3 is 0 Å². The minimum Gasteiger partial charge on any atom is -0.497 e. The molecule has 4 heteroatoms. The third-order valence-electron chi connectivity index (χ3n) is 3.18. The van der Waals surface area contributed by atoms with Crippen molar-refractivity contribution in [3.05, 3.63) is 47.5 Å². The van der Waals surface area contributed by atoms with Crippen LogP contribution in [0, 0.1) is 6.92 Å². The van der Waals surface area contributed by atoms with E-state index in [4.69, 9.17) is 4.74 Å². The van der Waals surface area contributed by atoms with Gasteiger partial charge in [-0.25, -0.2) is 4.98 Å². The SMILES string of the molecule is CCC(=O)/C(=C\c1cnc[nH]1)c1cc(OC)ccc1C. The first-order valence-electron chi connectivity index (χ1n) is 6.54. The zero-order valence-corrected chi connectivity index (χ0v) is 11.9. The first-order chi connectivity index (χ1) is 9.65. The van der Waals surface area contributed by atoms with E-state index in [9.17, 15) is 4.79 Å². The first-order valence-corrected chi connectivity index (χ1v) is 6.54. The van der Waals surface area contributed by atoms with Crippen molar-refractivity contribution in [1.82, 2.24) is 9.97 Å². The Kier molecular flexibility index (Phi) is 4.35. The Bertz CT molecular complexity index is 628. The summed E-state index contributed by atoms with van der Waals surface area (Å²) in [6.07, 6.45) is 5.58. The van der Waals surface area contributed by atoms with Gasteiger partial charge in [0.25, 0.3) is 0 Å². The number of carbonyl (C=O) groups is 1. The average Bonchev–Trinajstić information content (AvgIpc) is 2.98. The normalized spacial score (nSPS) is 11.4. The van der Waals surface area contributed by atoms with E-state index in [-0.39, 0.29) is 5.78 Å². The Hall–Kier alpha value is -2.36. The van der Waals surface area contributed by atoms with E-state index in [1.807, 2.05) is 38.1 Å². The number of hydrogen-bond donors (Lipinski definition) is 1. The fourth-order valence-electron chi connectivity index (χ4n) is 2.02. The molecule has 0 amide bonds. The Morgan fingerprint density at radius 2 is 2.25 bits per heavy atom. The Labute approximate surface area is 118 Å². The fraction of sp³-hybridized carbons (Fsp3) is 0.250. The van der Waals surface area contributed by atoms with Gasteiger partial charge in [-0.3, -0.25) is 4.79 Å². The Morgan fingerprint density at radius 3 is 2.85 bits per heavy atom. The molecule has 1 heterocycles. The molecule has 0 unspecified atom stereocenters. The molecule has 1 aromatic carbocycles. The smallest absolute Gasteiger partial charge is 0.163 e. The second-order valence-electron chi connectivity index (χ2n) is 4.52. The highest BCUT2D eigenvalue weighted by Gasteiger charge is 2.14. The third-order valence-corrected chi connectivity index (χ3v) is 3.18. The molecule has 1 N–H and O–H groups in total. The van der Waals surface area contributed by atoms with Gasteiger partial charge < -0.3 is 9.72 Å². The molecule has 0 fully saturated rings. The van der Waals surface area contributed by atoms with E-state index in [1.54, 1.807) is 19.6 Å². The van der Waals surface area contributed by atoms with Crippen LogP contribution >= 0.6 is 0 Å². The lowest BCUT2D eigenvalue weighted by Gasteiger charge is -2.11. The quantitative estimate of drug-likeness (QED) is 0.848. The molecule has 104 valence electrons. The summed E-state index contributed by atoms with van der Waals surface area (Å²) in [5.41, 5.74) is 3.42. The summed E-state index contributed by atoms with van der Waals surface area (Å²) in [6.45, 7) is 3.84. The molecule has 0 atom stereocenters. The third kappa shape index (κ3) is 2.96. The number of aromatic nitrogens is 2. The first kappa shape index (κ1) is 14.1. The lowest BCUT2D eigenvalue weighted by atomic mass is 9.95. The number of rotatable bonds is 5. The number of nitrogens with zero attached hydrogens (tertiary/aromatic N) is 1.